The summed E-state index contributed by atoms with van der Waals surface area (Å²) in [7, 11) is 1.58. The van der Waals surface area contributed by atoms with Crippen molar-refractivity contribution in [1.82, 2.24) is 10.2 Å². The number of likely N-dealkylation sites (tertiary alicyclic amines) is 1. The van der Waals surface area contributed by atoms with Gasteiger partial charge in [0.25, 0.3) is 0 Å². The smallest absolute Gasteiger partial charge is 0.411 e. The van der Waals surface area contributed by atoms with Crippen molar-refractivity contribution in [2.24, 2.45) is 5.92 Å². The summed E-state index contributed by atoms with van der Waals surface area (Å²) in [5, 5.41) is 3.00. The molecule has 0 aromatic heterocycles. The van der Waals surface area contributed by atoms with Gasteiger partial charge in [-0.15, -0.1) is 0 Å². The van der Waals surface area contributed by atoms with E-state index < -0.39 is 41.4 Å². The summed E-state index contributed by atoms with van der Waals surface area (Å²) in [6.07, 6.45) is 3.85. The molecule has 184 valence electrons. The zero-order valence-electron chi connectivity index (χ0n) is 21.4. The Kier molecular flexibility index (Phi) is 9.75. The van der Waals surface area contributed by atoms with Crippen molar-refractivity contribution >= 4 is 18.0 Å². The standard InChI is InChI=1S/C24H42N2O6/c1-11-13-17-14-18(21(28)31-15(3)4)26(22(29)32-23(6,7)8)19(17)20(25-16(5)27)24(9,12-2)30-10/h11,13,15,17-20H,12,14H2,1-10H3,(H,25,27)/b13-11+/t17-,18-,19-,20-,24+/m1/s1. The fraction of sp³-hybridized carbons (Fsp3) is 0.792. The SMILES string of the molecule is C/C=C/[C@@H]1C[C@H](C(=O)OC(C)C)N(C(=O)OC(C)(C)C)[C@H]1[C@@H](NC(C)=O)[C@](C)(CC)OC. The molecule has 0 aliphatic carbocycles. The van der Waals surface area contributed by atoms with Crippen LogP contribution in [0.2, 0.25) is 0 Å². The van der Waals surface area contributed by atoms with E-state index in [4.69, 9.17) is 14.2 Å². The van der Waals surface area contributed by atoms with E-state index in [0.29, 0.717) is 12.8 Å². The summed E-state index contributed by atoms with van der Waals surface area (Å²) in [5.74, 6) is -0.946. The van der Waals surface area contributed by atoms with Gasteiger partial charge in [-0.05, 0) is 61.3 Å². The largest absolute Gasteiger partial charge is 0.461 e. The first-order chi connectivity index (χ1) is 14.7. The number of esters is 1. The zero-order valence-corrected chi connectivity index (χ0v) is 21.4. The first kappa shape index (κ1) is 27.9. The van der Waals surface area contributed by atoms with Crippen LogP contribution in [0.25, 0.3) is 0 Å². The number of carbonyl (C=O) groups excluding carboxylic acids is 3. The Hall–Kier alpha value is -2.09. The Morgan fingerprint density at radius 3 is 2.19 bits per heavy atom. The molecule has 8 nitrogen and oxygen atoms in total. The molecule has 1 fully saturated rings. The maximum Gasteiger partial charge on any atom is 0.411 e. The summed E-state index contributed by atoms with van der Waals surface area (Å²) in [6, 6.07) is -1.99. The number of amides is 2. The first-order valence-electron chi connectivity index (χ1n) is 11.4. The number of carbonyl (C=O) groups is 3. The number of ether oxygens (including phenoxy) is 3. The number of hydrogen-bond donors (Lipinski definition) is 1. The van der Waals surface area contributed by atoms with Gasteiger partial charge in [-0.3, -0.25) is 9.69 Å². The van der Waals surface area contributed by atoms with E-state index in [9.17, 15) is 14.4 Å². The first-order valence-corrected chi connectivity index (χ1v) is 11.4. The molecule has 0 unspecified atom stereocenters. The summed E-state index contributed by atoms with van der Waals surface area (Å²) in [4.78, 5) is 40.1. The molecule has 0 aromatic carbocycles. The number of nitrogens with one attached hydrogen (secondary N) is 1. The van der Waals surface area contributed by atoms with Gasteiger partial charge in [0.15, 0.2) is 0 Å². The summed E-state index contributed by atoms with van der Waals surface area (Å²) >= 11 is 0. The van der Waals surface area contributed by atoms with Crippen LogP contribution in [0, 0.1) is 5.92 Å². The second-order valence-corrected chi connectivity index (χ2v) is 9.85. The van der Waals surface area contributed by atoms with E-state index in [1.165, 1.54) is 11.8 Å². The van der Waals surface area contributed by atoms with Crippen LogP contribution < -0.4 is 5.32 Å². The Balaban J connectivity index is 3.66. The predicted octanol–water partition coefficient (Wildman–Crippen LogP) is 3.83. The normalized spacial score (nSPS) is 24.3. The quantitative estimate of drug-likeness (QED) is 0.442. The molecule has 0 spiro atoms. The third kappa shape index (κ3) is 6.95. The van der Waals surface area contributed by atoms with Gasteiger partial charge in [0.2, 0.25) is 5.91 Å². The molecular weight excluding hydrogens is 412 g/mol. The molecule has 0 bridgehead atoms. The second-order valence-electron chi connectivity index (χ2n) is 9.85. The third-order valence-electron chi connectivity index (χ3n) is 5.79. The average molecular weight is 455 g/mol. The highest BCUT2D eigenvalue weighted by atomic mass is 16.6. The second kappa shape index (κ2) is 11.2. The van der Waals surface area contributed by atoms with E-state index >= 15 is 0 Å². The lowest BCUT2D eigenvalue weighted by Gasteiger charge is -2.44. The van der Waals surface area contributed by atoms with Crippen LogP contribution in [0.5, 0.6) is 0 Å². The van der Waals surface area contributed by atoms with E-state index in [0.717, 1.165) is 0 Å². The maximum absolute atomic E-state index is 13.4. The minimum atomic E-state index is -0.840. The molecular formula is C24H42N2O6. The van der Waals surface area contributed by atoms with Crippen molar-refractivity contribution in [3.05, 3.63) is 12.2 Å². The van der Waals surface area contributed by atoms with Crippen LogP contribution in [0.15, 0.2) is 12.2 Å². The van der Waals surface area contributed by atoms with Crippen molar-refractivity contribution in [3.8, 4) is 0 Å². The Morgan fingerprint density at radius 2 is 1.78 bits per heavy atom. The van der Waals surface area contributed by atoms with Gasteiger partial charge in [0.1, 0.15) is 11.6 Å². The Bertz CT molecular complexity index is 693. The van der Waals surface area contributed by atoms with E-state index in [-0.39, 0.29) is 17.9 Å². The molecule has 2 amide bonds. The minimum Gasteiger partial charge on any atom is -0.461 e. The number of rotatable bonds is 8. The molecule has 1 saturated heterocycles. The monoisotopic (exact) mass is 454 g/mol. The molecule has 1 N–H and O–H groups in total. The van der Waals surface area contributed by atoms with Crippen molar-refractivity contribution in [1.29, 1.82) is 0 Å². The average Bonchev–Trinajstić information content (AvgIpc) is 3.03. The fourth-order valence-electron chi connectivity index (χ4n) is 4.17. The third-order valence-corrected chi connectivity index (χ3v) is 5.79. The van der Waals surface area contributed by atoms with Gasteiger partial charge in [-0.2, -0.15) is 0 Å². The number of hydrogen-bond acceptors (Lipinski definition) is 6. The van der Waals surface area contributed by atoms with Crippen molar-refractivity contribution in [2.75, 3.05) is 7.11 Å². The van der Waals surface area contributed by atoms with E-state index in [1.54, 1.807) is 41.7 Å². The highest BCUT2D eigenvalue weighted by Crippen LogP contribution is 2.39. The topological polar surface area (TPSA) is 94.2 Å². The van der Waals surface area contributed by atoms with Gasteiger partial charge in [-0.25, -0.2) is 9.59 Å². The lowest BCUT2D eigenvalue weighted by Crippen LogP contribution is -2.64. The van der Waals surface area contributed by atoms with Crippen LogP contribution in [0.1, 0.15) is 75.2 Å². The van der Waals surface area contributed by atoms with Crippen LogP contribution >= 0.6 is 0 Å². The Labute approximate surface area is 193 Å². The summed E-state index contributed by atoms with van der Waals surface area (Å²) in [6.45, 7) is 16.0. The molecule has 32 heavy (non-hydrogen) atoms. The summed E-state index contributed by atoms with van der Waals surface area (Å²) in [5.41, 5.74) is -1.54. The van der Waals surface area contributed by atoms with Crippen molar-refractivity contribution < 1.29 is 28.6 Å². The van der Waals surface area contributed by atoms with Gasteiger partial charge >= 0.3 is 12.1 Å². The van der Waals surface area contributed by atoms with Crippen LogP contribution in [0.3, 0.4) is 0 Å². The zero-order chi connectivity index (χ0) is 24.9. The molecule has 0 radical (unpaired) electrons. The van der Waals surface area contributed by atoms with Crippen LogP contribution in [0.4, 0.5) is 4.79 Å². The van der Waals surface area contributed by atoms with Crippen LogP contribution in [-0.2, 0) is 23.8 Å². The van der Waals surface area contributed by atoms with E-state index in [1.807, 2.05) is 32.9 Å². The highest BCUT2D eigenvalue weighted by Gasteiger charge is 2.55. The lowest BCUT2D eigenvalue weighted by molar-refractivity contribution is -0.153. The number of nitrogens with zero attached hydrogens (tertiary/aromatic N) is 1. The van der Waals surface area contributed by atoms with Crippen LogP contribution in [-0.4, -0.2) is 65.4 Å². The van der Waals surface area contributed by atoms with Crippen molar-refractivity contribution in [3.63, 3.8) is 0 Å². The Morgan fingerprint density at radius 1 is 1.19 bits per heavy atom. The van der Waals surface area contributed by atoms with E-state index in [2.05, 4.69) is 5.32 Å². The molecule has 8 heteroatoms. The summed E-state index contributed by atoms with van der Waals surface area (Å²) < 4.78 is 17.0. The molecule has 0 aromatic rings. The minimum absolute atomic E-state index is 0.213. The van der Waals surface area contributed by atoms with Gasteiger partial charge < -0.3 is 19.5 Å². The van der Waals surface area contributed by atoms with Gasteiger partial charge in [0.05, 0.1) is 23.8 Å². The molecule has 1 rings (SSSR count). The lowest BCUT2D eigenvalue weighted by atomic mass is 9.81. The molecule has 1 aliphatic rings. The van der Waals surface area contributed by atoms with Crippen molar-refractivity contribution in [2.45, 2.75) is 111 Å². The van der Waals surface area contributed by atoms with Gasteiger partial charge in [-0.1, -0.05) is 19.1 Å². The number of methoxy groups -OCH3 is 1. The molecule has 0 saturated carbocycles. The molecule has 1 heterocycles. The molecule has 5 atom stereocenters. The predicted molar refractivity (Wildman–Crippen MR) is 123 cm³/mol. The highest BCUT2D eigenvalue weighted by molar-refractivity contribution is 5.83. The fourth-order valence-corrected chi connectivity index (χ4v) is 4.17. The maximum atomic E-state index is 13.4. The molecule has 1 aliphatic heterocycles. The van der Waals surface area contributed by atoms with Gasteiger partial charge in [0, 0.05) is 20.0 Å². The number of allylic oxidation sites excluding steroid dienone is 1.